The van der Waals surface area contributed by atoms with Crippen LogP contribution in [0.25, 0.3) is 0 Å². The number of hydrogen-bond donors (Lipinski definition) is 1. The molecule has 18 heavy (non-hydrogen) atoms. The highest BCUT2D eigenvalue weighted by atomic mass is 16.3. The Bertz CT molecular complexity index is 454. The SMILES string of the molecule is Cc1ccc(C(=O)N2CCCC2C(C)C)c(O)c1. The number of hydrogen-bond acceptors (Lipinski definition) is 2. The molecule has 1 aromatic rings. The van der Waals surface area contributed by atoms with Gasteiger partial charge in [0.05, 0.1) is 5.56 Å². The van der Waals surface area contributed by atoms with Crippen molar-refractivity contribution in [2.75, 3.05) is 6.54 Å². The van der Waals surface area contributed by atoms with E-state index in [1.54, 1.807) is 12.1 Å². The quantitative estimate of drug-likeness (QED) is 0.872. The van der Waals surface area contributed by atoms with Gasteiger partial charge in [0.2, 0.25) is 0 Å². The van der Waals surface area contributed by atoms with Crippen molar-refractivity contribution in [3.8, 4) is 5.75 Å². The fourth-order valence-electron chi connectivity index (χ4n) is 2.72. The summed E-state index contributed by atoms with van der Waals surface area (Å²) in [5, 5.41) is 9.90. The van der Waals surface area contributed by atoms with Gasteiger partial charge in [-0.15, -0.1) is 0 Å². The highest BCUT2D eigenvalue weighted by molar-refractivity contribution is 5.97. The standard InChI is InChI=1S/C15H21NO2/c1-10(2)13-5-4-8-16(13)15(18)12-7-6-11(3)9-14(12)17/h6-7,9-10,13,17H,4-5,8H2,1-3H3. The number of likely N-dealkylation sites (tertiary alicyclic amines) is 1. The van der Waals surface area contributed by atoms with Gasteiger partial charge in [0.1, 0.15) is 5.75 Å². The predicted molar refractivity (Wildman–Crippen MR) is 71.7 cm³/mol. The second-order valence-electron chi connectivity index (χ2n) is 5.47. The minimum atomic E-state index is -0.0382. The van der Waals surface area contributed by atoms with E-state index in [0.717, 1.165) is 24.9 Å². The number of rotatable bonds is 2. The molecule has 1 saturated heterocycles. The lowest BCUT2D eigenvalue weighted by Crippen LogP contribution is -2.38. The molecule has 0 bridgehead atoms. The molecule has 1 atom stereocenters. The van der Waals surface area contributed by atoms with Gasteiger partial charge in [0.15, 0.2) is 0 Å². The molecule has 1 aliphatic heterocycles. The summed E-state index contributed by atoms with van der Waals surface area (Å²) in [5.74, 6) is 0.516. The molecule has 1 fully saturated rings. The van der Waals surface area contributed by atoms with E-state index in [0.29, 0.717) is 17.5 Å². The summed E-state index contributed by atoms with van der Waals surface area (Å²) in [6.07, 6.45) is 2.12. The van der Waals surface area contributed by atoms with Gasteiger partial charge in [0.25, 0.3) is 5.91 Å². The van der Waals surface area contributed by atoms with E-state index < -0.39 is 0 Å². The molecule has 0 aromatic heterocycles. The Morgan fingerprint density at radius 2 is 2.17 bits per heavy atom. The number of benzene rings is 1. The van der Waals surface area contributed by atoms with Crippen molar-refractivity contribution >= 4 is 5.91 Å². The van der Waals surface area contributed by atoms with Crippen LogP contribution >= 0.6 is 0 Å². The first-order chi connectivity index (χ1) is 8.50. The monoisotopic (exact) mass is 247 g/mol. The van der Waals surface area contributed by atoms with Crippen LogP contribution in [0.3, 0.4) is 0 Å². The molecular weight excluding hydrogens is 226 g/mol. The maximum absolute atomic E-state index is 12.5. The van der Waals surface area contributed by atoms with E-state index in [2.05, 4.69) is 13.8 Å². The lowest BCUT2D eigenvalue weighted by atomic mass is 10.0. The van der Waals surface area contributed by atoms with Crippen LogP contribution < -0.4 is 0 Å². The maximum Gasteiger partial charge on any atom is 0.257 e. The molecule has 98 valence electrons. The first-order valence-corrected chi connectivity index (χ1v) is 6.61. The third-order valence-electron chi connectivity index (χ3n) is 3.71. The summed E-state index contributed by atoms with van der Waals surface area (Å²) < 4.78 is 0. The second-order valence-corrected chi connectivity index (χ2v) is 5.47. The number of carbonyl (C=O) groups excluding carboxylic acids is 1. The molecule has 3 nitrogen and oxygen atoms in total. The normalized spacial score (nSPS) is 19.6. The summed E-state index contributed by atoms with van der Waals surface area (Å²) in [6.45, 7) is 6.99. The number of aryl methyl sites for hydroxylation is 1. The number of carbonyl (C=O) groups is 1. The first kappa shape index (κ1) is 12.9. The van der Waals surface area contributed by atoms with Crippen LogP contribution in [0.5, 0.6) is 5.75 Å². The van der Waals surface area contributed by atoms with Crippen molar-refractivity contribution in [2.24, 2.45) is 5.92 Å². The van der Waals surface area contributed by atoms with E-state index in [9.17, 15) is 9.90 Å². The van der Waals surface area contributed by atoms with E-state index >= 15 is 0 Å². The molecule has 0 saturated carbocycles. The minimum Gasteiger partial charge on any atom is -0.507 e. The molecule has 0 spiro atoms. The summed E-state index contributed by atoms with van der Waals surface area (Å²) >= 11 is 0. The Balaban J connectivity index is 2.25. The third-order valence-corrected chi connectivity index (χ3v) is 3.71. The van der Waals surface area contributed by atoms with E-state index in [1.165, 1.54) is 0 Å². The van der Waals surface area contributed by atoms with Crippen LogP contribution in [0.15, 0.2) is 18.2 Å². The van der Waals surface area contributed by atoms with E-state index in [4.69, 9.17) is 0 Å². The Morgan fingerprint density at radius 1 is 1.44 bits per heavy atom. The molecule has 1 aliphatic rings. The second kappa shape index (κ2) is 5.01. The average Bonchev–Trinajstić information content (AvgIpc) is 2.77. The molecule has 1 unspecified atom stereocenters. The zero-order valence-corrected chi connectivity index (χ0v) is 11.3. The molecule has 2 rings (SSSR count). The first-order valence-electron chi connectivity index (χ1n) is 6.61. The van der Waals surface area contributed by atoms with Crippen molar-refractivity contribution in [3.05, 3.63) is 29.3 Å². The van der Waals surface area contributed by atoms with Gasteiger partial charge in [-0.1, -0.05) is 19.9 Å². The number of aromatic hydroxyl groups is 1. The molecule has 0 radical (unpaired) electrons. The lowest BCUT2D eigenvalue weighted by molar-refractivity contribution is 0.0698. The topological polar surface area (TPSA) is 40.5 Å². The van der Waals surface area contributed by atoms with Crippen LogP contribution in [-0.2, 0) is 0 Å². The molecule has 1 aromatic carbocycles. The van der Waals surface area contributed by atoms with Crippen LogP contribution in [-0.4, -0.2) is 28.5 Å². The van der Waals surface area contributed by atoms with Gasteiger partial charge in [-0.05, 0) is 43.4 Å². The molecule has 1 N–H and O–H groups in total. The van der Waals surface area contributed by atoms with Crippen molar-refractivity contribution in [3.63, 3.8) is 0 Å². The van der Waals surface area contributed by atoms with Crippen LogP contribution in [0.2, 0.25) is 0 Å². The van der Waals surface area contributed by atoms with Crippen molar-refractivity contribution < 1.29 is 9.90 Å². The van der Waals surface area contributed by atoms with Crippen molar-refractivity contribution in [1.82, 2.24) is 4.90 Å². The summed E-state index contributed by atoms with van der Waals surface area (Å²) in [4.78, 5) is 14.4. The number of phenols is 1. The van der Waals surface area contributed by atoms with Gasteiger partial charge >= 0.3 is 0 Å². The fourth-order valence-corrected chi connectivity index (χ4v) is 2.72. The number of phenolic OH excluding ortho intramolecular Hbond substituents is 1. The van der Waals surface area contributed by atoms with Crippen LogP contribution in [0.4, 0.5) is 0 Å². The molecule has 0 aliphatic carbocycles. The predicted octanol–water partition coefficient (Wildman–Crippen LogP) is 2.96. The highest BCUT2D eigenvalue weighted by Crippen LogP contribution is 2.28. The lowest BCUT2D eigenvalue weighted by Gasteiger charge is -2.28. The Kier molecular flexibility index (Phi) is 3.60. The zero-order chi connectivity index (χ0) is 13.3. The fraction of sp³-hybridized carbons (Fsp3) is 0.533. The number of nitrogens with zero attached hydrogens (tertiary/aromatic N) is 1. The van der Waals surface area contributed by atoms with Crippen LogP contribution in [0.1, 0.15) is 42.6 Å². The molecule has 3 heteroatoms. The third kappa shape index (κ3) is 2.35. The van der Waals surface area contributed by atoms with E-state index in [-0.39, 0.29) is 11.7 Å². The van der Waals surface area contributed by atoms with Gasteiger partial charge in [-0.2, -0.15) is 0 Å². The number of amides is 1. The van der Waals surface area contributed by atoms with Crippen molar-refractivity contribution in [1.29, 1.82) is 0 Å². The minimum absolute atomic E-state index is 0.0382. The van der Waals surface area contributed by atoms with Gasteiger partial charge in [-0.3, -0.25) is 4.79 Å². The average molecular weight is 247 g/mol. The largest absolute Gasteiger partial charge is 0.507 e. The summed E-state index contributed by atoms with van der Waals surface area (Å²) in [7, 11) is 0. The van der Waals surface area contributed by atoms with Gasteiger partial charge in [-0.25, -0.2) is 0 Å². The molecular formula is C15H21NO2. The van der Waals surface area contributed by atoms with Gasteiger partial charge < -0.3 is 10.0 Å². The summed E-state index contributed by atoms with van der Waals surface area (Å²) in [6, 6.07) is 5.54. The summed E-state index contributed by atoms with van der Waals surface area (Å²) in [5.41, 5.74) is 1.39. The van der Waals surface area contributed by atoms with E-state index in [1.807, 2.05) is 17.9 Å². The smallest absolute Gasteiger partial charge is 0.257 e. The Hall–Kier alpha value is -1.51. The van der Waals surface area contributed by atoms with Crippen molar-refractivity contribution in [2.45, 2.75) is 39.7 Å². The Labute approximate surface area is 108 Å². The highest BCUT2D eigenvalue weighted by Gasteiger charge is 2.32. The van der Waals surface area contributed by atoms with Gasteiger partial charge in [0, 0.05) is 12.6 Å². The van der Waals surface area contributed by atoms with Crippen LogP contribution in [0, 0.1) is 12.8 Å². The molecule has 1 amide bonds. The molecule has 1 heterocycles. The zero-order valence-electron chi connectivity index (χ0n) is 11.3. The maximum atomic E-state index is 12.5. The Morgan fingerprint density at radius 3 is 2.78 bits per heavy atom.